The number of carbonyl (C=O) groups is 3. The van der Waals surface area contributed by atoms with Crippen LogP contribution in [0.25, 0.3) is 0 Å². The van der Waals surface area contributed by atoms with Gasteiger partial charge in [-0.2, -0.15) is 0 Å². The van der Waals surface area contributed by atoms with Gasteiger partial charge in [-0.1, -0.05) is 25.5 Å². The maximum Gasteiger partial charge on any atom is 0.228 e. The Bertz CT molecular complexity index is 819. The van der Waals surface area contributed by atoms with Gasteiger partial charge < -0.3 is 19.4 Å². The Balaban J connectivity index is 1.35. The molecule has 0 spiro atoms. The van der Waals surface area contributed by atoms with Crippen LogP contribution in [0.5, 0.6) is 0 Å². The van der Waals surface area contributed by atoms with Gasteiger partial charge in [-0.25, -0.2) is 0 Å². The highest BCUT2D eigenvalue weighted by molar-refractivity contribution is 6.00. The number of unbranched alkanes of at least 4 members (excludes halogenated alkanes) is 1. The van der Waals surface area contributed by atoms with Gasteiger partial charge in [-0.3, -0.25) is 14.4 Å². The van der Waals surface area contributed by atoms with Crippen LogP contribution in [-0.4, -0.2) is 73.5 Å². The van der Waals surface area contributed by atoms with Crippen molar-refractivity contribution in [1.29, 1.82) is 0 Å². The van der Waals surface area contributed by atoms with E-state index in [-0.39, 0.29) is 36.0 Å². The predicted octanol–water partition coefficient (Wildman–Crippen LogP) is 2.48. The van der Waals surface area contributed by atoms with Gasteiger partial charge in [0.1, 0.15) is 0 Å². The molecule has 7 nitrogen and oxygen atoms in total. The lowest BCUT2D eigenvalue weighted by Crippen LogP contribution is -2.50. The number of hydrogen-bond donors (Lipinski definition) is 0. The minimum Gasteiger partial charge on any atom is -0.378 e. The fourth-order valence-corrected chi connectivity index (χ4v) is 5.03. The zero-order chi connectivity index (χ0) is 22.5. The van der Waals surface area contributed by atoms with Gasteiger partial charge in [0.15, 0.2) is 0 Å². The summed E-state index contributed by atoms with van der Waals surface area (Å²) in [7, 11) is 0. The van der Waals surface area contributed by atoms with Crippen molar-refractivity contribution in [3.63, 3.8) is 0 Å². The number of piperidine rings is 1. The summed E-state index contributed by atoms with van der Waals surface area (Å²) in [6.07, 6.45) is 5.26. The first kappa shape index (κ1) is 22.8. The van der Waals surface area contributed by atoms with E-state index in [0.29, 0.717) is 45.9 Å². The number of nitrogens with zero attached hydrogens (tertiary/aromatic N) is 3. The van der Waals surface area contributed by atoms with Gasteiger partial charge in [0.05, 0.1) is 25.0 Å². The normalized spacial score (nSPS) is 24.2. The summed E-state index contributed by atoms with van der Waals surface area (Å²) >= 11 is 0. The highest BCUT2D eigenvalue weighted by Gasteiger charge is 2.39. The summed E-state index contributed by atoms with van der Waals surface area (Å²) in [6, 6.07) is 8.15. The van der Waals surface area contributed by atoms with Crippen LogP contribution >= 0.6 is 0 Å². The lowest BCUT2D eigenvalue weighted by molar-refractivity contribution is -0.145. The molecule has 3 amide bonds. The van der Waals surface area contributed by atoms with Crippen molar-refractivity contribution in [3.05, 3.63) is 29.8 Å². The van der Waals surface area contributed by atoms with Crippen LogP contribution in [0.2, 0.25) is 0 Å². The van der Waals surface area contributed by atoms with Crippen molar-refractivity contribution >= 4 is 23.4 Å². The molecule has 0 bridgehead atoms. The fourth-order valence-electron chi connectivity index (χ4n) is 5.03. The Morgan fingerprint density at radius 1 is 0.969 bits per heavy atom. The van der Waals surface area contributed by atoms with Crippen molar-refractivity contribution < 1.29 is 19.1 Å². The lowest BCUT2D eigenvalue weighted by Gasteiger charge is -2.37. The van der Waals surface area contributed by atoms with Crippen molar-refractivity contribution in [1.82, 2.24) is 9.80 Å². The van der Waals surface area contributed by atoms with E-state index in [4.69, 9.17) is 4.74 Å². The molecule has 3 heterocycles. The van der Waals surface area contributed by atoms with Crippen molar-refractivity contribution in [2.24, 2.45) is 11.8 Å². The van der Waals surface area contributed by atoms with Gasteiger partial charge in [0.25, 0.3) is 0 Å². The quantitative estimate of drug-likeness (QED) is 0.680. The third-order valence-electron chi connectivity index (χ3n) is 6.95. The molecule has 3 aliphatic heterocycles. The Morgan fingerprint density at radius 3 is 2.41 bits per heavy atom. The number of anilines is 1. The molecule has 1 aromatic rings. The summed E-state index contributed by atoms with van der Waals surface area (Å²) in [5, 5.41) is 0. The highest BCUT2D eigenvalue weighted by Crippen LogP contribution is 2.29. The molecule has 7 heteroatoms. The fraction of sp³-hybridized carbons (Fsp3) is 0.640. The molecule has 4 rings (SSSR count). The van der Waals surface area contributed by atoms with Crippen LogP contribution in [-0.2, 0) is 25.5 Å². The van der Waals surface area contributed by atoms with Gasteiger partial charge >= 0.3 is 0 Å². The van der Waals surface area contributed by atoms with Gasteiger partial charge in [0, 0.05) is 44.8 Å². The Kier molecular flexibility index (Phi) is 7.45. The monoisotopic (exact) mass is 441 g/mol. The smallest absolute Gasteiger partial charge is 0.228 e. The molecule has 0 saturated carbocycles. The third kappa shape index (κ3) is 5.14. The Hall–Kier alpha value is -2.41. The molecule has 0 N–H and O–H groups in total. The number of morpholine rings is 1. The average molecular weight is 442 g/mol. The molecule has 2 atom stereocenters. The summed E-state index contributed by atoms with van der Waals surface area (Å²) in [6.45, 7) is 6.16. The van der Waals surface area contributed by atoms with Crippen LogP contribution in [0.1, 0.15) is 44.6 Å². The first-order valence-corrected chi connectivity index (χ1v) is 12.1. The number of ether oxygens (including phenoxy) is 1. The predicted molar refractivity (Wildman–Crippen MR) is 122 cm³/mol. The third-order valence-corrected chi connectivity index (χ3v) is 6.95. The van der Waals surface area contributed by atoms with Crippen molar-refractivity contribution in [2.75, 3.05) is 50.8 Å². The zero-order valence-electron chi connectivity index (χ0n) is 19.1. The standard InChI is InChI=1S/C25H35N3O4/c1-2-3-5-19-7-9-22(10-8-19)28-18-21(16-23(28)29)25(31)27-11-4-6-20(17-27)24(30)26-12-14-32-15-13-26/h7-10,20-21H,2-6,11-18H2,1H3. The van der Waals surface area contributed by atoms with Gasteiger partial charge in [-0.05, 0) is 43.4 Å². The lowest BCUT2D eigenvalue weighted by atomic mass is 9.94. The minimum absolute atomic E-state index is 0.00242. The van der Waals surface area contributed by atoms with Crippen LogP contribution in [0, 0.1) is 11.8 Å². The highest BCUT2D eigenvalue weighted by atomic mass is 16.5. The molecule has 32 heavy (non-hydrogen) atoms. The largest absolute Gasteiger partial charge is 0.378 e. The van der Waals surface area contributed by atoms with Gasteiger partial charge in [0.2, 0.25) is 17.7 Å². The van der Waals surface area contributed by atoms with Crippen LogP contribution < -0.4 is 4.90 Å². The first-order valence-electron chi connectivity index (χ1n) is 12.1. The number of likely N-dealkylation sites (tertiary alicyclic amines) is 1. The molecular weight excluding hydrogens is 406 g/mol. The summed E-state index contributed by atoms with van der Waals surface area (Å²) in [5.74, 6) is -0.324. The number of hydrogen-bond acceptors (Lipinski definition) is 4. The number of carbonyl (C=O) groups excluding carboxylic acids is 3. The molecule has 0 aliphatic carbocycles. The maximum absolute atomic E-state index is 13.2. The van der Waals surface area contributed by atoms with E-state index in [1.54, 1.807) is 4.90 Å². The molecule has 3 saturated heterocycles. The molecule has 3 fully saturated rings. The second-order valence-corrected chi connectivity index (χ2v) is 9.24. The molecule has 3 aliphatic rings. The molecule has 0 aromatic heterocycles. The van der Waals surface area contributed by atoms with E-state index >= 15 is 0 Å². The van der Waals surface area contributed by atoms with Crippen LogP contribution in [0.4, 0.5) is 5.69 Å². The second-order valence-electron chi connectivity index (χ2n) is 9.24. The number of rotatable bonds is 6. The summed E-state index contributed by atoms with van der Waals surface area (Å²) in [5.41, 5.74) is 2.14. The van der Waals surface area contributed by atoms with E-state index in [1.165, 1.54) is 5.56 Å². The Morgan fingerprint density at radius 2 is 1.69 bits per heavy atom. The SMILES string of the molecule is CCCCc1ccc(N2CC(C(=O)N3CCCC(C(=O)N4CCOCC4)C3)CC2=O)cc1. The Labute approximate surface area is 190 Å². The van der Waals surface area contributed by atoms with E-state index in [1.807, 2.05) is 21.9 Å². The van der Waals surface area contributed by atoms with Gasteiger partial charge in [-0.15, -0.1) is 0 Å². The molecule has 0 radical (unpaired) electrons. The number of amides is 3. The zero-order valence-corrected chi connectivity index (χ0v) is 19.1. The first-order chi connectivity index (χ1) is 15.6. The van der Waals surface area contributed by atoms with E-state index in [2.05, 4.69) is 19.1 Å². The molecular formula is C25H35N3O4. The van der Waals surface area contributed by atoms with Crippen molar-refractivity contribution in [3.8, 4) is 0 Å². The molecule has 2 unspecified atom stereocenters. The summed E-state index contributed by atoms with van der Waals surface area (Å²) in [4.78, 5) is 44.3. The maximum atomic E-state index is 13.2. The molecule has 1 aromatic carbocycles. The minimum atomic E-state index is -0.334. The van der Waals surface area contributed by atoms with E-state index < -0.39 is 0 Å². The van der Waals surface area contributed by atoms with E-state index in [9.17, 15) is 14.4 Å². The molecule has 174 valence electrons. The number of benzene rings is 1. The van der Waals surface area contributed by atoms with Crippen molar-refractivity contribution in [2.45, 2.75) is 45.4 Å². The van der Waals surface area contributed by atoms with E-state index in [0.717, 1.165) is 37.8 Å². The van der Waals surface area contributed by atoms with Crippen LogP contribution in [0.15, 0.2) is 24.3 Å². The topological polar surface area (TPSA) is 70.2 Å². The average Bonchev–Trinajstić information content (AvgIpc) is 3.24. The number of aryl methyl sites for hydroxylation is 1. The second kappa shape index (κ2) is 10.5. The summed E-state index contributed by atoms with van der Waals surface area (Å²) < 4.78 is 5.35. The van der Waals surface area contributed by atoms with Crippen LogP contribution in [0.3, 0.4) is 0 Å².